The van der Waals surface area contributed by atoms with Crippen molar-refractivity contribution in [3.05, 3.63) is 0 Å². The van der Waals surface area contributed by atoms with Crippen LogP contribution < -0.4 is 5.32 Å². The van der Waals surface area contributed by atoms with Gasteiger partial charge in [0.2, 0.25) is 0 Å². The van der Waals surface area contributed by atoms with Gasteiger partial charge in [-0.1, -0.05) is 32.6 Å². The number of hydrogen-bond donors (Lipinski definition) is 1. The molecule has 17 heavy (non-hydrogen) atoms. The van der Waals surface area contributed by atoms with Crippen LogP contribution in [0.5, 0.6) is 0 Å². The van der Waals surface area contributed by atoms with E-state index in [9.17, 15) is 0 Å². The summed E-state index contributed by atoms with van der Waals surface area (Å²) in [5, 5.41) is 3.36. The lowest BCUT2D eigenvalue weighted by molar-refractivity contribution is 0.0308. The predicted molar refractivity (Wildman–Crippen MR) is 74.4 cm³/mol. The third-order valence-corrected chi connectivity index (χ3v) is 3.81. The third-order valence-electron chi connectivity index (χ3n) is 3.81. The third kappa shape index (κ3) is 7.77. The van der Waals surface area contributed by atoms with E-state index >= 15 is 0 Å². The van der Waals surface area contributed by atoms with Gasteiger partial charge < -0.3 is 10.1 Å². The Hall–Kier alpha value is -0.0800. The molecule has 1 fully saturated rings. The molecular weight excluding hydrogens is 210 g/mol. The van der Waals surface area contributed by atoms with Gasteiger partial charge in [0.05, 0.1) is 6.10 Å². The standard InChI is InChI=1S/C15H31NO/c1-3-16-12-8-9-14(2)17-13-15-10-6-4-5-7-11-15/h14-16H,3-13H2,1-2H3. The highest BCUT2D eigenvalue weighted by atomic mass is 16.5. The van der Waals surface area contributed by atoms with Crippen LogP contribution in [0, 0.1) is 5.92 Å². The van der Waals surface area contributed by atoms with Gasteiger partial charge in [-0.05, 0) is 51.6 Å². The molecule has 0 saturated heterocycles. The quantitative estimate of drug-likeness (QED) is 0.516. The molecule has 0 aromatic rings. The Morgan fingerprint density at radius 3 is 2.53 bits per heavy atom. The average molecular weight is 241 g/mol. The van der Waals surface area contributed by atoms with Crippen molar-refractivity contribution in [1.82, 2.24) is 5.32 Å². The molecule has 1 N–H and O–H groups in total. The molecule has 1 aliphatic carbocycles. The highest BCUT2D eigenvalue weighted by molar-refractivity contribution is 4.65. The van der Waals surface area contributed by atoms with Gasteiger partial charge in [0, 0.05) is 6.61 Å². The lowest BCUT2D eigenvalue weighted by Crippen LogP contribution is -2.19. The van der Waals surface area contributed by atoms with E-state index in [0.29, 0.717) is 6.10 Å². The highest BCUT2D eigenvalue weighted by Crippen LogP contribution is 2.23. The van der Waals surface area contributed by atoms with Gasteiger partial charge in [0.1, 0.15) is 0 Å². The Morgan fingerprint density at radius 2 is 1.88 bits per heavy atom. The monoisotopic (exact) mass is 241 g/mol. The molecule has 0 aromatic carbocycles. The van der Waals surface area contributed by atoms with E-state index in [2.05, 4.69) is 19.2 Å². The Labute approximate surface area is 108 Å². The summed E-state index contributed by atoms with van der Waals surface area (Å²) in [7, 11) is 0. The van der Waals surface area contributed by atoms with Crippen LogP contribution >= 0.6 is 0 Å². The Kier molecular flexibility index (Phi) is 8.72. The average Bonchev–Trinajstić information content (AvgIpc) is 2.60. The van der Waals surface area contributed by atoms with Crippen LogP contribution in [-0.4, -0.2) is 25.8 Å². The van der Waals surface area contributed by atoms with E-state index in [1.807, 2.05) is 0 Å². The molecule has 1 saturated carbocycles. The fourth-order valence-electron chi connectivity index (χ4n) is 2.61. The molecule has 1 unspecified atom stereocenters. The van der Waals surface area contributed by atoms with Crippen LogP contribution in [0.2, 0.25) is 0 Å². The summed E-state index contributed by atoms with van der Waals surface area (Å²) >= 11 is 0. The fourth-order valence-corrected chi connectivity index (χ4v) is 2.61. The number of hydrogen-bond acceptors (Lipinski definition) is 2. The minimum Gasteiger partial charge on any atom is -0.378 e. The maximum Gasteiger partial charge on any atom is 0.0547 e. The Morgan fingerprint density at radius 1 is 1.18 bits per heavy atom. The molecule has 0 amide bonds. The first-order chi connectivity index (χ1) is 8.33. The molecule has 0 radical (unpaired) electrons. The van der Waals surface area contributed by atoms with Gasteiger partial charge >= 0.3 is 0 Å². The van der Waals surface area contributed by atoms with Crippen LogP contribution in [0.1, 0.15) is 65.2 Å². The maximum absolute atomic E-state index is 5.99. The van der Waals surface area contributed by atoms with Crippen molar-refractivity contribution < 1.29 is 4.74 Å². The van der Waals surface area contributed by atoms with Crippen molar-refractivity contribution in [1.29, 1.82) is 0 Å². The summed E-state index contributed by atoms with van der Waals surface area (Å²) in [6.45, 7) is 7.60. The van der Waals surface area contributed by atoms with Gasteiger partial charge in [-0.3, -0.25) is 0 Å². The van der Waals surface area contributed by atoms with E-state index in [1.54, 1.807) is 0 Å². The van der Waals surface area contributed by atoms with Gasteiger partial charge in [-0.25, -0.2) is 0 Å². The van der Waals surface area contributed by atoms with E-state index in [0.717, 1.165) is 25.6 Å². The lowest BCUT2D eigenvalue weighted by Gasteiger charge is -2.18. The van der Waals surface area contributed by atoms with Crippen molar-refractivity contribution in [3.8, 4) is 0 Å². The van der Waals surface area contributed by atoms with E-state index in [-0.39, 0.29) is 0 Å². The molecule has 1 atom stereocenters. The van der Waals surface area contributed by atoms with Crippen molar-refractivity contribution in [2.24, 2.45) is 5.92 Å². The molecule has 102 valence electrons. The van der Waals surface area contributed by atoms with Crippen LogP contribution in [0.25, 0.3) is 0 Å². The van der Waals surface area contributed by atoms with Crippen molar-refractivity contribution in [2.75, 3.05) is 19.7 Å². The van der Waals surface area contributed by atoms with Gasteiger partial charge in [-0.2, -0.15) is 0 Å². The summed E-state index contributed by atoms with van der Waals surface area (Å²) < 4.78 is 5.99. The van der Waals surface area contributed by atoms with Crippen LogP contribution in [0.3, 0.4) is 0 Å². The van der Waals surface area contributed by atoms with Gasteiger partial charge in [-0.15, -0.1) is 0 Å². The van der Waals surface area contributed by atoms with Crippen LogP contribution in [-0.2, 0) is 4.74 Å². The molecule has 0 aromatic heterocycles. The highest BCUT2D eigenvalue weighted by Gasteiger charge is 2.13. The summed E-state index contributed by atoms with van der Waals surface area (Å²) in [6, 6.07) is 0. The fraction of sp³-hybridized carbons (Fsp3) is 1.00. The zero-order valence-corrected chi connectivity index (χ0v) is 11.8. The predicted octanol–water partition coefficient (Wildman–Crippen LogP) is 3.75. The molecule has 1 rings (SSSR count). The molecule has 0 spiro atoms. The normalized spacial score (nSPS) is 20.1. The largest absolute Gasteiger partial charge is 0.378 e. The topological polar surface area (TPSA) is 21.3 Å². The lowest BCUT2D eigenvalue weighted by atomic mass is 10.0. The maximum atomic E-state index is 5.99. The number of nitrogens with one attached hydrogen (secondary N) is 1. The Bertz CT molecular complexity index is 164. The van der Waals surface area contributed by atoms with E-state index in [1.165, 1.54) is 51.4 Å². The first kappa shape index (κ1) is 15.0. The second-order valence-electron chi connectivity index (χ2n) is 5.50. The molecule has 0 heterocycles. The first-order valence-corrected chi connectivity index (χ1v) is 7.65. The van der Waals surface area contributed by atoms with Crippen molar-refractivity contribution in [3.63, 3.8) is 0 Å². The number of ether oxygens (including phenoxy) is 1. The second-order valence-corrected chi connectivity index (χ2v) is 5.50. The van der Waals surface area contributed by atoms with Crippen molar-refractivity contribution in [2.45, 2.75) is 71.3 Å². The second kappa shape index (κ2) is 9.90. The molecule has 2 nitrogen and oxygen atoms in total. The zero-order chi connectivity index (χ0) is 12.3. The smallest absolute Gasteiger partial charge is 0.0547 e. The summed E-state index contributed by atoms with van der Waals surface area (Å²) in [5.41, 5.74) is 0. The molecule has 2 heteroatoms. The van der Waals surface area contributed by atoms with Crippen LogP contribution in [0.15, 0.2) is 0 Å². The van der Waals surface area contributed by atoms with Gasteiger partial charge in [0.15, 0.2) is 0 Å². The zero-order valence-electron chi connectivity index (χ0n) is 11.8. The van der Waals surface area contributed by atoms with E-state index < -0.39 is 0 Å². The number of rotatable bonds is 8. The molecule has 0 bridgehead atoms. The van der Waals surface area contributed by atoms with Crippen molar-refractivity contribution >= 4 is 0 Å². The Balaban J connectivity index is 1.99. The first-order valence-electron chi connectivity index (χ1n) is 7.65. The van der Waals surface area contributed by atoms with Gasteiger partial charge in [0.25, 0.3) is 0 Å². The molecule has 1 aliphatic rings. The van der Waals surface area contributed by atoms with Crippen LogP contribution in [0.4, 0.5) is 0 Å². The van der Waals surface area contributed by atoms with E-state index in [4.69, 9.17) is 4.74 Å². The minimum absolute atomic E-state index is 0.442. The molecular formula is C15H31NO. The summed E-state index contributed by atoms with van der Waals surface area (Å²) in [5.74, 6) is 0.841. The minimum atomic E-state index is 0.442. The molecule has 0 aliphatic heterocycles. The summed E-state index contributed by atoms with van der Waals surface area (Å²) in [4.78, 5) is 0. The SMILES string of the molecule is CCNCCCC(C)OCC1CCCCCC1. The summed E-state index contributed by atoms with van der Waals surface area (Å²) in [6.07, 6.45) is 11.4.